The van der Waals surface area contributed by atoms with Gasteiger partial charge >= 0.3 is 0 Å². The predicted molar refractivity (Wildman–Crippen MR) is 77.5 cm³/mol. The SMILES string of the molecule is CCc1nc(CC(=O)Nc2c(Cl)cc(Cl)cc2Cl)no1. The molecular weight excluding hydrogens is 325 g/mol. The Labute approximate surface area is 130 Å². The highest BCUT2D eigenvalue weighted by Gasteiger charge is 2.14. The van der Waals surface area contributed by atoms with Crippen molar-refractivity contribution in [3.8, 4) is 0 Å². The summed E-state index contributed by atoms with van der Waals surface area (Å²) < 4.78 is 4.92. The van der Waals surface area contributed by atoms with Gasteiger partial charge < -0.3 is 9.84 Å². The Morgan fingerprint density at radius 3 is 2.50 bits per heavy atom. The molecular formula is C12H10Cl3N3O2. The predicted octanol–water partition coefficient (Wildman–Crippen LogP) is 3.77. The fourth-order valence-corrected chi connectivity index (χ4v) is 2.41. The highest BCUT2D eigenvalue weighted by atomic mass is 35.5. The number of carbonyl (C=O) groups is 1. The van der Waals surface area contributed by atoms with E-state index >= 15 is 0 Å². The zero-order valence-electron chi connectivity index (χ0n) is 10.4. The summed E-state index contributed by atoms with van der Waals surface area (Å²) >= 11 is 17.7. The van der Waals surface area contributed by atoms with Gasteiger partial charge in [0.25, 0.3) is 0 Å². The molecule has 0 saturated heterocycles. The first-order valence-electron chi connectivity index (χ1n) is 5.75. The molecule has 0 atom stereocenters. The monoisotopic (exact) mass is 333 g/mol. The van der Waals surface area contributed by atoms with E-state index in [0.29, 0.717) is 28.8 Å². The van der Waals surface area contributed by atoms with Gasteiger partial charge in [-0.15, -0.1) is 0 Å². The number of rotatable bonds is 4. The van der Waals surface area contributed by atoms with Crippen molar-refractivity contribution in [1.29, 1.82) is 0 Å². The van der Waals surface area contributed by atoms with Crippen molar-refractivity contribution >= 4 is 46.4 Å². The third kappa shape index (κ3) is 3.62. The number of anilines is 1. The molecule has 1 amide bonds. The number of amides is 1. The van der Waals surface area contributed by atoms with Crippen LogP contribution in [0.15, 0.2) is 16.7 Å². The Bertz CT molecular complexity index is 620. The van der Waals surface area contributed by atoms with Crippen molar-refractivity contribution in [1.82, 2.24) is 10.1 Å². The average molecular weight is 335 g/mol. The second-order valence-electron chi connectivity index (χ2n) is 3.93. The first kappa shape index (κ1) is 15.1. The Morgan fingerprint density at radius 2 is 1.95 bits per heavy atom. The zero-order valence-corrected chi connectivity index (χ0v) is 12.7. The minimum atomic E-state index is -0.348. The van der Waals surface area contributed by atoms with E-state index in [0.717, 1.165) is 0 Å². The first-order chi connectivity index (χ1) is 9.49. The quantitative estimate of drug-likeness (QED) is 0.924. The maximum atomic E-state index is 11.9. The minimum Gasteiger partial charge on any atom is -0.339 e. The fraction of sp³-hybridized carbons (Fsp3) is 0.250. The van der Waals surface area contributed by atoms with Gasteiger partial charge in [0.05, 0.1) is 22.2 Å². The summed E-state index contributed by atoms with van der Waals surface area (Å²) in [5, 5.41) is 7.21. The molecule has 0 aliphatic carbocycles. The Hall–Kier alpha value is -1.30. The molecule has 1 heterocycles. The molecule has 0 aliphatic rings. The highest BCUT2D eigenvalue weighted by Crippen LogP contribution is 2.33. The Morgan fingerprint density at radius 1 is 1.30 bits per heavy atom. The maximum Gasteiger partial charge on any atom is 0.232 e. The molecule has 1 N–H and O–H groups in total. The molecule has 0 fully saturated rings. The molecule has 5 nitrogen and oxygen atoms in total. The fourth-order valence-electron chi connectivity index (χ4n) is 1.49. The van der Waals surface area contributed by atoms with Crippen molar-refractivity contribution in [2.75, 3.05) is 5.32 Å². The maximum absolute atomic E-state index is 11.9. The summed E-state index contributed by atoms with van der Waals surface area (Å²) in [6.07, 6.45) is 0.586. The summed E-state index contributed by atoms with van der Waals surface area (Å²) in [7, 11) is 0. The number of hydrogen-bond donors (Lipinski definition) is 1. The molecule has 0 saturated carbocycles. The molecule has 0 radical (unpaired) electrons. The Kier molecular flexibility index (Phi) is 4.86. The van der Waals surface area contributed by atoms with Gasteiger partial charge in [0.15, 0.2) is 5.82 Å². The summed E-state index contributed by atoms with van der Waals surface area (Å²) in [4.78, 5) is 15.9. The molecule has 106 valence electrons. The van der Waals surface area contributed by atoms with Crippen LogP contribution in [0.4, 0.5) is 5.69 Å². The van der Waals surface area contributed by atoms with Crippen LogP contribution in [0.1, 0.15) is 18.6 Å². The summed E-state index contributed by atoms with van der Waals surface area (Å²) in [5.41, 5.74) is 0.307. The molecule has 0 unspecified atom stereocenters. The van der Waals surface area contributed by atoms with E-state index in [1.165, 1.54) is 12.1 Å². The van der Waals surface area contributed by atoms with Gasteiger partial charge in [-0.2, -0.15) is 4.98 Å². The molecule has 0 spiro atoms. The van der Waals surface area contributed by atoms with E-state index in [2.05, 4.69) is 15.5 Å². The van der Waals surface area contributed by atoms with E-state index in [1.807, 2.05) is 6.92 Å². The standard InChI is InChI=1S/C12H10Cl3N3O2/c1-2-11-16-9(18-20-11)5-10(19)17-12-7(14)3-6(13)4-8(12)15/h3-4H,2,5H2,1H3,(H,17,19). The van der Waals surface area contributed by atoms with Crippen molar-refractivity contribution in [3.05, 3.63) is 38.9 Å². The molecule has 20 heavy (non-hydrogen) atoms. The number of carbonyl (C=O) groups excluding carboxylic acids is 1. The van der Waals surface area contributed by atoms with Gasteiger partial charge in [-0.25, -0.2) is 0 Å². The molecule has 0 aliphatic heterocycles. The van der Waals surface area contributed by atoms with Crippen LogP contribution in [0.3, 0.4) is 0 Å². The normalized spacial score (nSPS) is 10.6. The van der Waals surface area contributed by atoms with Crippen LogP contribution in [-0.2, 0) is 17.6 Å². The second kappa shape index (κ2) is 6.43. The van der Waals surface area contributed by atoms with E-state index in [-0.39, 0.29) is 22.4 Å². The molecule has 2 rings (SSSR count). The van der Waals surface area contributed by atoms with Gasteiger partial charge in [0.1, 0.15) is 0 Å². The lowest BCUT2D eigenvalue weighted by Crippen LogP contribution is -2.15. The van der Waals surface area contributed by atoms with Crippen LogP contribution in [-0.4, -0.2) is 16.0 Å². The van der Waals surface area contributed by atoms with Crippen LogP contribution in [0.5, 0.6) is 0 Å². The van der Waals surface area contributed by atoms with Crippen molar-refractivity contribution in [2.45, 2.75) is 19.8 Å². The largest absolute Gasteiger partial charge is 0.339 e. The lowest BCUT2D eigenvalue weighted by molar-refractivity contribution is -0.115. The van der Waals surface area contributed by atoms with Crippen LogP contribution >= 0.6 is 34.8 Å². The van der Waals surface area contributed by atoms with Gasteiger partial charge in [-0.1, -0.05) is 46.9 Å². The van der Waals surface area contributed by atoms with Crippen molar-refractivity contribution in [2.24, 2.45) is 0 Å². The summed E-state index contributed by atoms with van der Waals surface area (Å²) in [6.45, 7) is 1.88. The van der Waals surface area contributed by atoms with Gasteiger partial charge in [-0.3, -0.25) is 4.79 Å². The van der Waals surface area contributed by atoms with Crippen LogP contribution in [0.2, 0.25) is 15.1 Å². The topological polar surface area (TPSA) is 68.0 Å². The second-order valence-corrected chi connectivity index (χ2v) is 5.18. The molecule has 0 bridgehead atoms. The number of aromatic nitrogens is 2. The first-order valence-corrected chi connectivity index (χ1v) is 6.88. The highest BCUT2D eigenvalue weighted by molar-refractivity contribution is 6.42. The summed E-state index contributed by atoms with van der Waals surface area (Å²) in [5.74, 6) is 0.440. The third-order valence-electron chi connectivity index (χ3n) is 2.40. The van der Waals surface area contributed by atoms with E-state index in [9.17, 15) is 4.79 Å². The molecule has 8 heteroatoms. The van der Waals surface area contributed by atoms with Gasteiger partial charge in [0.2, 0.25) is 11.8 Å². The minimum absolute atomic E-state index is 0.0290. The molecule has 1 aromatic heterocycles. The smallest absolute Gasteiger partial charge is 0.232 e. The number of hydrogen-bond acceptors (Lipinski definition) is 4. The van der Waals surface area contributed by atoms with E-state index < -0.39 is 0 Å². The van der Waals surface area contributed by atoms with Crippen molar-refractivity contribution < 1.29 is 9.32 Å². The Balaban J connectivity index is 2.08. The van der Waals surface area contributed by atoms with E-state index in [1.54, 1.807) is 0 Å². The number of nitrogens with one attached hydrogen (secondary N) is 1. The number of benzene rings is 1. The lowest BCUT2D eigenvalue weighted by Gasteiger charge is -2.08. The third-order valence-corrected chi connectivity index (χ3v) is 3.22. The number of halogens is 3. The number of nitrogens with zero attached hydrogens (tertiary/aromatic N) is 2. The van der Waals surface area contributed by atoms with Crippen molar-refractivity contribution in [3.63, 3.8) is 0 Å². The van der Waals surface area contributed by atoms with Gasteiger partial charge in [0, 0.05) is 11.4 Å². The molecule has 2 aromatic rings. The van der Waals surface area contributed by atoms with Gasteiger partial charge in [-0.05, 0) is 12.1 Å². The average Bonchev–Trinajstić information content (AvgIpc) is 2.81. The zero-order chi connectivity index (χ0) is 14.7. The lowest BCUT2D eigenvalue weighted by atomic mass is 10.3. The summed E-state index contributed by atoms with van der Waals surface area (Å²) in [6, 6.07) is 2.99. The van der Waals surface area contributed by atoms with Crippen LogP contribution in [0, 0.1) is 0 Å². The number of aryl methyl sites for hydroxylation is 1. The van der Waals surface area contributed by atoms with E-state index in [4.69, 9.17) is 39.3 Å². The molecule has 1 aromatic carbocycles. The van der Waals surface area contributed by atoms with Crippen LogP contribution in [0.25, 0.3) is 0 Å². The van der Waals surface area contributed by atoms with Crippen LogP contribution < -0.4 is 5.32 Å².